The van der Waals surface area contributed by atoms with E-state index in [-0.39, 0.29) is 0 Å². The lowest BCUT2D eigenvalue weighted by Crippen LogP contribution is -2.26. The van der Waals surface area contributed by atoms with Gasteiger partial charge in [0.1, 0.15) is 6.61 Å². The Morgan fingerprint density at radius 1 is 1.45 bits per heavy atom. The number of aromatic nitrogens is 1. The van der Waals surface area contributed by atoms with E-state index in [9.17, 15) is 0 Å². The van der Waals surface area contributed by atoms with Crippen LogP contribution in [0.3, 0.4) is 0 Å². The molecular formula is C16H27N3O. The minimum absolute atomic E-state index is 0.656. The first-order valence-corrected chi connectivity index (χ1v) is 7.64. The molecule has 0 amide bonds. The Morgan fingerprint density at radius 3 is 2.95 bits per heavy atom. The molecule has 1 fully saturated rings. The van der Waals surface area contributed by atoms with Gasteiger partial charge in [-0.05, 0) is 38.4 Å². The van der Waals surface area contributed by atoms with Crippen LogP contribution in [-0.2, 0) is 6.54 Å². The van der Waals surface area contributed by atoms with Crippen molar-refractivity contribution in [3.8, 4) is 5.88 Å². The second-order valence-corrected chi connectivity index (χ2v) is 6.05. The largest absolute Gasteiger partial charge is 0.476 e. The van der Waals surface area contributed by atoms with Crippen molar-refractivity contribution in [1.82, 2.24) is 15.2 Å². The van der Waals surface area contributed by atoms with Crippen molar-refractivity contribution in [1.29, 1.82) is 0 Å². The SMILES string of the molecule is CC(C)CNCc1cccnc1OCCN(C)C1CC1. The molecule has 1 aliphatic rings. The number of pyridine rings is 1. The van der Waals surface area contributed by atoms with Crippen molar-refractivity contribution in [3.05, 3.63) is 23.9 Å². The number of rotatable bonds is 9. The number of hydrogen-bond donors (Lipinski definition) is 1. The lowest BCUT2D eigenvalue weighted by atomic mass is 10.2. The molecule has 0 spiro atoms. The van der Waals surface area contributed by atoms with E-state index in [4.69, 9.17) is 4.74 Å². The number of nitrogens with zero attached hydrogens (tertiary/aromatic N) is 2. The normalized spacial score (nSPS) is 15.1. The molecular weight excluding hydrogens is 250 g/mol. The van der Waals surface area contributed by atoms with Crippen LogP contribution in [0.4, 0.5) is 0 Å². The van der Waals surface area contributed by atoms with E-state index in [0.717, 1.165) is 37.1 Å². The van der Waals surface area contributed by atoms with Crippen LogP contribution in [0.15, 0.2) is 18.3 Å². The van der Waals surface area contributed by atoms with E-state index < -0.39 is 0 Å². The molecule has 1 saturated carbocycles. The zero-order chi connectivity index (χ0) is 14.4. The highest BCUT2D eigenvalue weighted by Crippen LogP contribution is 2.24. The van der Waals surface area contributed by atoms with Gasteiger partial charge in [0, 0.05) is 30.9 Å². The number of likely N-dealkylation sites (N-methyl/N-ethyl adjacent to an activating group) is 1. The average molecular weight is 277 g/mol. The summed E-state index contributed by atoms with van der Waals surface area (Å²) in [5.41, 5.74) is 1.14. The first-order valence-electron chi connectivity index (χ1n) is 7.64. The number of nitrogens with one attached hydrogen (secondary N) is 1. The molecule has 0 saturated heterocycles. The smallest absolute Gasteiger partial charge is 0.217 e. The van der Waals surface area contributed by atoms with Crippen LogP contribution in [-0.4, -0.2) is 42.7 Å². The topological polar surface area (TPSA) is 37.4 Å². The predicted octanol–water partition coefficient (Wildman–Crippen LogP) is 2.30. The molecule has 112 valence electrons. The zero-order valence-electron chi connectivity index (χ0n) is 12.9. The summed E-state index contributed by atoms with van der Waals surface area (Å²) in [4.78, 5) is 6.73. The van der Waals surface area contributed by atoms with Crippen LogP contribution in [0, 0.1) is 5.92 Å². The molecule has 1 aromatic rings. The fraction of sp³-hybridized carbons (Fsp3) is 0.688. The van der Waals surface area contributed by atoms with Crippen molar-refractivity contribution >= 4 is 0 Å². The van der Waals surface area contributed by atoms with Crippen molar-refractivity contribution in [2.24, 2.45) is 5.92 Å². The Hall–Kier alpha value is -1.13. The molecule has 0 radical (unpaired) electrons. The maximum Gasteiger partial charge on any atom is 0.217 e. The van der Waals surface area contributed by atoms with Gasteiger partial charge in [0.25, 0.3) is 0 Å². The number of hydrogen-bond acceptors (Lipinski definition) is 4. The summed E-state index contributed by atoms with van der Waals surface area (Å²) in [6.45, 7) is 7.93. The van der Waals surface area contributed by atoms with Crippen molar-refractivity contribution < 1.29 is 4.74 Å². The third-order valence-corrected chi connectivity index (χ3v) is 3.57. The molecule has 20 heavy (non-hydrogen) atoms. The molecule has 4 nitrogen and oxygen atoms in total. The Labute approximate surface area is 122 Å². The van der Waals surface area contributed by atoms with Gasteiger partial charge in [-0.2, -0.15) is 0 Å². The first-order chi connectivity index (χ1) is 9.66. The highest BCUT2D eigenvalue weighted by atomic mass is 16.5. The van der Waals surface area contributed by atoms with Crippen LogP contribution in [0.1, 0.15) is 32.3 Å². The van der Waals surface area contributed by atoms with E-state index in [1.807, 2.05) is 6.07 Å². The third kappa shape index (κ3) is 5.10. The standard InChI is InChI=1S/C16H27N3O/c1-13(2)11-17-12-14-5-4-8-18-16(14)20-10-9-19(3)15-6-7-15/h4-5,8,13,15,17H,6-7,9-12H2,1-3H3. The van der Waals surface area contributed by atoms with Gasteiger partial charge < -0.3 is 15.0 Å². The lowest BCUT2D eigenvalue weighted by Gasteiger charge is -2.17. The van der Waals surface area contributed by atoms with E-state index in [1.54, 1.807) is 6.20 Å². The van der Waals surface area contributed by atoms with Gasteiger partial charge in [-0.15, -0.1) is 0 Å². The van der Waals surface area contributed by atoms with Gasteiger partial charge in [0.2, 0.25) is 5.88 Å². The summed E-state index contributed by atoms with van der Waals surface area (Å²) in [5.74, 6) is 1.43. The van der Waals surface area contributed by atoms with Crippen molar-refractivity contribution in [2.75, 3.05) is 26.7 Å². The molecule has 0 aliphatic heterocycles. The molecule has 1 aliphatic carbocycles. The van der Waals surface area contributed by atoms with Gasteiger partial charge >= 0.3 is 0 Å². The first kappa shape index (κ1) is 15.3. The molecule has 4 heteroatoms. The Morgan fingerprint density at radius 2 is 2.25 bits per heavy atom. The van der Waals surface area contributed by atoms with Crippen LogP contribution in [0.5, 0.6) is 5.88 Å². The van der Waals surface area contributed by atoms with E-state index in [2.05, 4.69) is 42.2 Å². The fourth-order valence-corrected chi connectivity index (χ4v) is 2.17. The quantitative estimate of drug-likeness (QED) is 0.751. The molecule has 2 rings (SSSR count). The number of ether oxygens (including phenoxy) is 1. The maximum absolute atomic E-state index is 5.85. The van der Waals surface area contributed by atoms with E-state index >= 15 is 0 Å². The van der Waals surface area contributed by atoms with Gasteiger partial charge in [0.05, 0.1) is 0 Å². The van der Waals surface area contributed by atoms with Gasteiger partial charge in [0.15, 0.2) is 0 Å². The second kappa shape index (κ2) is 7.60. The van der Waals surface area contributed by atoms with Gasteiger partial charge in [-0.3, -0.25) is 0 Å². The van der Waals surface area contributed by atoms with Crippen molar-refractivity contribution in [3.63, 3.8) is 0 Å². The van der Waals surface area contributed by atoms with Gasteiger partial charge in [-0.1, -0.05) is 19.9 Å². The summed E-state index contributed by atoms with van der Waals surface area (Å²) < 4.78 is 5.85. The molecule has 1 aromatic heterocycles. The Kier molecular flexibility index (Phi) is 5.80. The zero-order valence-corrected chi connectivity index (χ0v) is 12.9. The fourth-order valence-electron chi connectivity index (χ4n) is 2.17. The van der Waals surface area contributed by atoms with E-state index in [0.29, 0.717) is 12.5 Å². The predicted molar refractivity (Wildman–Crippen MR) is 81.9 cm³/mol. The van der Waals surface area contributed by atoms with E-state index in [1.165, 1.54) is 12.8 Å². The Bertz CT molecular complexity index is 404. The second-order valence-electron chi connectivity index (χ2n) is 6.05. The minimum Gasteiger partial charge on any atom is -0.476 e. The summed E-state index contributed by atoms with van der Waals surface area (Å²) in [6, 6.07) is 4.84. The molecule has 0 aromatic carbocycles. The molecule has 0 unspecified atom stereocenters. The molecule has 1 N–H and O–H groups in total. The Balaban J connectivity index is 1.77. The molecule has 0 atom stereocenters. The summed E-state index contributed by atoms with van der Waals surface area (Å²) in [5, 5.41) is 3.44. The van der Waals surface area contributed by atoms with Crippen LogP contribution in [0.2, 0.25) is 0 Å². The lowest BCUT2D eigenvalue weighted by molar-refractivity contribution is 0.224. The van der Waals surface area contributed by atoms with Crippen LogP contribution in [0.25, 0.3) is 0 Å². The van der Waals surface area contributed by atoms with Crippen molar-refractivity contribution in [2.45, 2.75) is 39.3 Å². The highest BCUT2D eigenvalue weighted by molar-refractivity contribution is 5.25. The molecule has 0 bridgehead atoms. The average Bonchev–Trinajstić information content (AvgIpc) is 3.24. The summed E-state index contributed by atoms with van der Waals surface area (Å²) >= 11 is 0. The summed E-state index contributed by atoms with van der Waals surface area (Å²) in [6.07, 6.45) is 4.47. The molecule has 1 heterocycles. The third-order valence-electron chi connectivity index (χ3n) is 3.57. The highest BCUT2D eigenvalue weighted by Gasteiger charge is 2.25. The maximum atomic E-state index is 5.85. The summed E-state index contributed by atoms with van der Waals surface area (Å²) in [7, 11) is 2.17. The van der Waals surface area contributed by atoms with Crippen LogP contribution < -0.4 is 10.1 Å². The van der Waals surface area contributed by atoms with Crippen LogP contribution >= 0.6 is 0 Å². The minimum atomic E-state index is 0.656. The van der Waals surface area contributed by atoms with Gasteiger partial charge in [-0.25, -0.2) is 4.98 Å². The monoisotopic (exact) mass is 277 g/mol.